The number of halogens is 1. The van der Waals surface area contributed by atoms with E-state index in [9.17, 15) is 13.2 Å². The Hall–Kier alpha value is -2.05. The van der Waals surface area contributed by atoms with E-state index in [0.29, 0.717) is 30.1 Å². The molecule has 138 valence electrons. The lowest BCUT2D eigenvalue weighted by atomic mass is 10.1. The Morgan fingerprint density at radius 3 is 2.54 bits per heavy atom. The molecule has 5 nitrogen and oxygen atoms in total. The molecule has 1 amide bonds. The number of amides is 1. The van der Waals surface area contributed by atoms with Crippen LogP contribution in [0.15, 0.2) is 47.4 Å². The molecule has 0 bridgehead atoms. The second kappa shape index (κ2) is 7.68. The predicted molar refractivity (Wildman–Crippen MR) is 103 cm³/mol. The molecule has 0 aliphatic carbocycles. The summed E-state index contributed by atoms with van der Waals surface area (Å²) in [4.78, 5) is 13.7. The number of nitrogens with zero attached hydrogens (tertiary/aromatic N) is 1. The van der Waals surface area contributed by atoms with Gasteiger partial charge in [0.25, 0.3) is 10.0 Å². The Morgan fingerprint density at radius 1 is 1.15 bits per heavy atom. The largest absolute Gasteiger partial charge is 0.342 e. The van der Waals surface area contributed by atoms with E-state index in [4.69, 9.17) is 11.6 Å². The number of carbonyl (C=O) groups is 1. The Labute approximate surface area is 159 Å². The summed E-state index contributed by atoms with van der Waals surface area (Å²) in [5.41, 5.74) is 2.27. The van der Waals surface area contributed by atoms with E-state index in [1.54, 1.807) is 42.5 Å². The maximum Gasteiger partial charge on any atom is 0.261 e. The van der Waals surface area contributed by atoms with Gasteiger partial charge in [-0.05, 0) is 55.2 Å². The SMILES string of the molecule is Cc1ccc(Cl)cc1NS(=O)(=O)c1ccc(CCN2CCCC2=O)cc1. The van der Waals surface area contributed by atoms with Crippen LogP contribution in [0.25, 0.3) is 0 Å². The zero-order chi connectivity index (χ0) is 18.7. The number of rotatable bonds is 6. The van der Waals surface area contributed by atoms with Gasteiger partial charge in [-0.25, -0.2) is 8.42 Å². The van der Waals surface area contributed by atoms with E-state index >= 15 is 0 Å². The molecule has 1 aliphatic heterocycles. The number of aryl methyl sites for hydroxylation is 1. The number of carbonyl (C=O) groups excluding carboxylic acids is 1. The van der Waals surface area contributed by atoms with Crippen molar-refractivity contribution in [2.24, 2.45) is 0 Å². The minimum atomic E-state index is -3.68. The first kappa shape index (κ1) is 18.7. The van der Waals surface area contributed by atoms with Gasteiger partial charge in [-0.2, -0.15) is 0 Å². The van der Waals surface area contributed by atoms with Gasteiger partial charge in [-0.15, -0.1) is 0 Å². The molecule has 0 atom stereocenters. The zero-order valence-electron chi connectivity index (χ0n) is 14.5. The topological polar surface area (TPSA) is 66.5 Å². The van der Waals surface area contributed by atoms with Crippen LogP contribution in [0, 0.1) is 6.92 Å². The Bertz CT molecular complexity index is 911. The summed E-state index contributed by atoms with van der Waals surface area (Å²) in [7, 11) is -3.68. The van der Waals surface area contributed by atoms with Crippen LogP contribution in [0.5, 0.6) is 0 Å². The molecular weight excluding hydrogens is 372 g/mol. The van der Waals surface area contributed by atoms with E-state index < -0.39 is 10.0 Å². The monoisotopic (exact) mass is 392 g/mol. The Kier molecular flexibility index (Phi) is 5.53. The Morgan fingerprint density at radius 2 is 1.88 bits per heavy atom. The van der Waals surface area contributed by atoms with Gasteiger partial charge in [-0.3, -0.25) is 9.52 Å². The number of likely N-dealkylation sites (tertiary alicyclic amines) is 1. The smallest absolute Gasteiger partial charge is 0.261 e. The summed E-state index contributed by atoms with van der Waals surface area (Å²) in [6, 6.07) is 11.8. The van der Waals surface area contributed by atoms with Crippen molar-refractivity contribution >= 4 is 33.2 Å². The molecule has 1 saturated heterocycles. The second-order valence-electron chi connectivity index (χ2n) is 6.44. The van der Waals surface area contributed by atoms with Crippen molar-refractivity contribution < 1.29 is 13.2 Å². The van der Waals surface area contributed by atoms with Crippen molar-refractivity contribution in [1.82, 2.24) is 4.90 Å². The average Bonchev–Trinajstić information content (AvgIpc) is 3.01. The van der Waals surface area contributed by atoms with Crippen LogP contribution in [0.1, 0.15) is 24.0 Å². The minimum absolute atomic E-state index is 0.192. The number of hydrogen-bond donors (Lipinski definition) is 1. The summed E-state index contributed by atoms with van der Waals surface area (Å²) >= 11 is 5.95. The molecule has 1 aliphatic rings. The van der Waals surface area contributed by atoms with Crippen LogP contribution >= 0.6 is 11.6 Å². The van der Waals surface area contributed by atoms with E-state index in [1.807, 2.05) is 11.8 Å². The summed E-state index contributed by atoms with van der Waals surface area (Å²) in [6.07, 6.45) is 2.27. The fraction of sp³-hybridized carbons (Fsp3) is 0.316. The standard InChI is InChI=1S/C19H21ClN2O3S/c1-14-4-7-16(20)13-18(14)21-26(24,25)17-8-5-15(6-9-17)10-12-22-11-2-3-19(22)23/h4-9,13,21H,2-3,10-12H2,1H3. The van der Waals surface area contributed by atoms with E-state index in [-0.39, 0.29) is 10.8 Å². The first-order chi connectivity index (χ1) is 12.3. The van der Waals surface area contributed by atoms with Crippen molar-refractivity contribution in [2.75, 3.05) is 17.8 Å². The first-order valence-corrected chi connectivity index (χ1v) is 10.4. The third kappa shape index (κ3) is 4.37. The van der Waals surface area contributed by atoms with E-state index in [2.05, 4.69) is 4.72 Å². The zero-order valence-corrected chi connectivity index (χ0v) is 16.1. The highest BCUT2D eigenvalue weighted by molar-refractivity contribution is 7.92. The molecule has 3 rings (SSSR count). The van der Waals surface area contributed by atoms with Gasteiger partial charge in [0.1, 0.15) is 0 Å². The van der Waals surface area contributed by atoms with Crippen LogP contribution in [-0.2, 0) is 21.2 Å². The third-order valence-corrected chi connectivity index (χ3v) is 6.14. The summed E-state index contributed by atoms with van der Waals surface area (Å²) in [6.45, 7) is 3.30. The van der Waals surface area contributed by atoms with Gasteiger partial charge in [-0.1, -0.05) is 29.8 Å². The van der Waals surface area contributed by atoms with Gasteiger partial charge in [0.15, 0.2) is 0 Å². The molecular formula is C19H21ClN2O3S. The molecule has 0 spiro atoms. The molecule has 0 saturated carbocycles. The van der Waals surface area contributed by atoms with Crippen LogP contribution in [0.4, 0.5) is 5.69 Å². The number of hydrogen-bond acceptors (Lipinski definition) is 3. The van der Waals surface area contributed by atoms with Crippen LogP contribution in [-0.4, -0.2) is 32.3 Å². The maximum absolute atomic E-state index is 12.6. The summed E-state index contributed by atoms with van der Waals surface area (Å²) in [5, 5.41) is 0.472. The van der Waals surface area contributed by atoms with E-state index in [0.717, 1.165) is 24.1 Å². The van der Waals surface area contributed by atoms with Gasteiger partial charge in [0.05, 0.1) is 10.6 Å². The fourth-order valence-corrected chi connectivity index (χ4v) is 4.24. The molecule has 1 N–H and O–H groups in total. The predicted octanol–water partition coefficient (Wildman–Crippen LogP) is 3.61. The Balaban J connectivity index is 1.68. The molecule has 7 heteroatoms. The molecule has 1 heterocycles. The quantitative estimate of drug-likeness (QED) is 0.816. The average molecular weight is 393 g/mol. The normalized spacial score (nSPS) is 14.7. The van der Waals surface area contributed by atoms with Crippen molar-refractivity contribution in [3.8, 4) is 0 Å². The van der Waals surface area contributed by atoms with Crippen molar-refractivity contribution in [3.05, 3.63) is 58.6 Å². The number of sulfonamides is 1. The number of anilines is 1. The van der Waals surface area contributed by atoms with Crippen molar-refractivity contribution in [2.45, 2.75) is 31.1 Å². The lowest BCUT2D eigenvalue weighted by Crippen LogP contribution is -2.26. The van der Waals surface area contributed by atoms with E-state index in [1.165, 1.54) is 0 Å². The number of nitrogens with one attached hydrogen (secondary N) is 1. The van der Waals surface area contributed by atoms with Gasteiger partial charge < -0.3 is 4.90 Å². The molecule has 0 unspecified atom stereocenters. The lowest BCUT2D eigenvalue weighted by molar-refractivity contribution is -0.127. The van der Waals surface area contributed by atoms with Crippen LogP contribution in [0.2, 0.25) is 5.02 Å². The van der Waals surface area contributed by atoms with Crippen LogP contribution < -0.4 is 4.72 Å². The second-order valence-corrected chi connectivity index (χ2v) is 8.56. The highest BCUT2D eigenvalue weighted by Gasteiger charge is 2.20. The lowest BCUT2D eigenvalue weighted by Gasteiger charge is -2.15. The molecule has 1 fully saturated rings. The highest BCUT2D eigenvalue weighted by atomic mass is 35.5. The highest BCUT2D eigenvalue weighted by Crippen LogP contribution is 2.23. The molecule has 0 radical (unpaired) electrons. The van der Waals surface area contributed by atoms with Gasteiger partial charge in [0, 0.05) is 24.5 Å². The molecule has 2 aromatic carbocycles. The van der Waals surface area contributed by atoms with Gasteiger partial charge >= 0.3 is 0 Å². The van der Waals surface area contributed by atoms with Crippen LogP contribution in [0.3, 0.4) is 0 Å². The fourth-order valence-electron chi connectivity index (χ4n) is 2.95. The first-order valence-electron chi connectivity index (χ1n) is 8.51. The molecule has 2 aromatic rings. The van der Waals surface area contributed by atoms with Gasteiger partial charge in [0.2, 0.25) is 5.91 Å². The third-order valence-electron chi connectivity index (χ3n) is 4.52. The van der Waals surface area contributed by atoms with Crippen molar-refractivity contribution in [1.29, 1.82) is 0 Å². The maximum atomic E-state index is 12.6. The number of benzene rings is 2. The molecule has 0 aromatic heterocycles. The molecule has 26 heavy (non-hydrogen) atoms. The minimum Gasteiger partial charge on any atom is -0.342 e. The summed E-state index contributed by atoms with van der Waals surface area (Å²) in [5.74, 6) is 0.199. The van der Waals surface area contributed by atoms with Crippen molar-refractivity contribution in [3.63, 3.8) is 0 Å². The summed E-state index contributed by atoms with van der Waals surface area (Å²) < 4.78 is 27.7.